The monoisotopic (exact) mass is 466 g/mol. The summed E-state index contributed by atoms with van der Waals surface area (Å²) in [5.41, 5.74) is 4.69. The highest BCUT2D eigenvalue weighted by molar-refractivity contribution is 5.83. The van der Waals surface area contributed by atoms with E-state index >= 15 is 0 Å². The first-order valence-corrected chi connectivity index (χ1v) is 12.0. The number of benzene rings is 2. The van der Waals surface area contributed by atoms with Crippen molar-refractivity contribution in [3.05, 3.63) is 59.7 Å². The van der Waals surface area contributed by atoms with Crippen LogP contribution in [0.2, 0.25) is 0 Å². The molecule has 2 aromatic carbocycles. The van der Waals surface area contributed by atoms with E-state index in [9.17, 15) is 19.5 Å². The van der Waals surface area contributed by atoms with Crippen molar-refractivity contribution < 1.29 is 24.2 Å². The lowest BCUT2D eigenvalue weighted by molar-refractivity contribution is -0.142. The summed E-state index contributed by atoms with van der Waals surface area (Å²) in [5.74, 6) is -1.05. The standard InChI is InChI=1S/C27H34N2O5/c1-3-18(2)16-24(26(31)32)29-25(30)14-8-9-15-28-27(33)34-17-23-21-12-6-4-10-19(21)20-11-5-7-13-22(20)23/h4-7,10-13,18,23-24H,3,8-9,14-17H2,1-2H3,(H,28,33)(H,29,30)(H,31,32). The van der Waals surface area contributed by atoms with Crippen molar-refractivity contribution in [1.82, 2.24) is 10.6 Å². The third-order valence-corrected chi connectivity index (χ3v) is 6.41. The predicted octanol–water partition coefficient (Wildman–Crippen LogP) is 4.70. The molecule has 0 fully saturated rings. The molecule has 7 nitrogen and oxygen atoms in total. The lowest BCUT2D eigenvalue weighted by atomic mass is 9.98. The third kappa shape index (κ3) is 6.59. The summed E-state index contributed by atoms with van der Waals surface area (Å²) in [7, 11) is 0. The molecule has 2 aromatic rings. The van der Waals surface area contributed by atoms with Gasteiger partial charge in [-0.3, -0.25) is 4.79 Å². The number of amides is 2. The van der Waals surface area contributed by atoms with Crippen LogP contribution in [0.4, 0.5) is 4.79 Å². The Morgan fingerprint density at radius 3 is 2.21 bits per heavy atom. The van der Waals surface area contributed by atoms with Crippen LogP contribution in [0.15, 0.2) is 48.5 Å². The lowest BCUT2D eigenvalue weighted by Gasteiger charge is -2.18. The van der Waals surface area contributed by atoms with Crippen LogP contribution in [0.1, 0.15) is 63.0 Å². The van der Waals surface area contributed by atoms with Crippen molar-refractivity contribution in [2.45, 2.75) is 57.9 Å². The molecule has 0 saturated heterocycles. The highest BCUT2D eigenvalue weighted by Gasteiger charge is 2.29. The first kappa shape index (κ1) is 25.3. The van der Waals surface area contributed by atoms with Crippen LogP contribution in [0.5, 0.6) is 0 Å². The van der Waals surface area contributed by atoms with E-state index in [-0.39, 0.29) is 30.8 Å². The normalized spacial score (nSPS) is 13.9. The second-order valence-corrected chi connectivity index (χ2v) is 8.92. The van der Waals surface area contributed by atoms with Gasteiger partial charge in [0.15, 0.2) is 0 Å². The number of carbonyl (C=O) groups excluding carboxylic acids is 2. The Morgan fingerprint density at radius 2 is 1.62 bits per heavy atom. The molecule has 1 aliphatic rings. The first-order valence-electron chi connectivity index (χ1n) is 12.0. The quantitative estimate of drug-likeness (QED) is 0.393. The number of carboxylic acids is 1. The van der Waals surface area contributed by atoms with Crippen molar-refractivity contribution in [1.29, 1.82) is 0 Å². The summed E-state index contributed by atoms with van der Waals surface area (Å²) in [4.78, 5) is 35.6. The minimum atomic E-state index is -1.01. The Hall–Kier alpha value is -3.35. The van der Waals surface area contributed by atoms with Gasteiger partial charge < -0.3 is 20.5 Å². The minimum Gasteiger partial charge on any atom is -0.480 e. The molecule has 0 aromatic heterocycles. The highest BCUT2D eigenvalue weighted by atomic mass is 16.5. The van der Waals surface area contributed by atoms with Crippen molar-refractivity contribution in [2.24, 2.45) is 5.92 Å². The molecular formula is C27H34N2O5. The van der Waals surface area contributed by atoms with Crippen LogP contribution in [-0.2, 0) is 14.3 Å². The summed E-state index contributed by atoms with van der Waals surface area (Å²) in [6.07, 6.45) is 2.16. The van der Waals surface area contributed by atoms with Gasteiger partial charge in [-0.05, 0) is 47.4 Å². The second kappa shape index (κ2) is 12.2. The molecule has 0 radical (unpaired) electrons. The number of alkyl carbamates (subject to hydrolysis) is 1. The number of hydrogen-bond donors (Lipinski definition) is 3. The summed E-state index contributed by atoms with van der Waals surface area (Å²) in [6, 6.07) is 15.5. The van der Waals surface area contributed by atoms with Crippen molar-refractivity contribution in [3.8, 4) is 11.1 Å². The molecular weight excluding hydrogens is 432 g/mol. The van der Waals surface area contributed by atoms with E-state index in [1.165, 1.54) is 11.1 Å². The van der Waals surface area contributed by atoms with Gasteiger partial charge in [-0.2, -0.15) is 0 Å². The Labute approximate surface area is 200 Å². The van der Waals surface area contributed by atoms with Gasteiger partial charge in [0.05, 0.1) is 0 Å². The highest BCUT2D eigenvalue weighted by Crippen LogP contribution is 2.44. The number of hydrogen-bond acceptors (Lipinski definition) is 4. The van der Waals surface area contributed by atoms with Gasteiger partial charge in [0, 0.05) is 18.9 Å². The number of rotatable bonds is 12. The Bertz CT molecular complexity index is 961. The average Bonchev–Trinajstić information content (AvgIpc) is 3.15. The summed E-state index contributed by atoms with van der Waals surface area (Å²) < 4.78 is 5.50. The molecule has 0 saturated carbocycles. The Morgan fingerprint density at radius 1 is 1.00 bits per heavy atom. The first-order chi connectivity index (χ1) is 16.4. The zero-order valence-electron chi connectivity index (χ0n) is 19.9. The predicted molar refractivity (Wildman–Crippen MR) is 131 cm³/mol. The molecule has 182 valence electrons. The average molecular weight is 467 g/mol. The van der Waals surface area contributed by atoms with Gasteiger partial charge in [0.2, 0.25) is 5.91 Å². The Kier molecular flexibility index (Phi) is 9.08. The van der Waals surface area contributed by atoms with E-state index in [1.54, 1.807) is 0 Å². The fourth-order valence-electron chi connectivity index (χ4n) is 4.31. The van der Waals surface area contributed by atoms with Gasteiger partial charge in [0.25, 0.3) is 0 Å². The molecule has 0 heterocycles. The number of nitrogens with one attached hydrogen (secondary N) is 2. The molecule has 3 N–H and O–H groups in total. The van der Waals surface area contributed by atoms with Gasteiger partial charge in [-0.1, -0.05) is 68.8 Å². The number of ether oxygens (including phenoxy) is 1. The molecule has 0 spiro atoms. The van der Waals surface area contributed by atoms with E-state index in [0.29, 0.717) is 25.8 Å². The summed E-state index contributed by atoms with van der Waals surface area (Å²) >= 11 is 0. The van der Waals surface area contributed by atoms with Crippen LogP contribution in [0, 0.1) is 5.92 Å². The Balaban J connectivity index is 1.36. The zero-order valence-corrected chi connectivity index (χ0v) is 19.9. The van der Waals surface area contributed by atoms with Gasteiger partial charge in [-0.25, -0.2) is 9.59 Å². The maximum Gasteiger partial charge on any atom is 0.407 e. The summed E-state index contributed by atoms with van der Waals surface area (Å²) in [6.45, 7) is 4.61. The van der Waals surface area contributed by atoms with Crippen molar-refractivity contribution >= 4 is 18.0 Å². The number of carbonyl (C=O) groups is 3. The van der Waals surface area contributed by atoms with Crippen LogP contribution in [-0.4, -0.2) is 42.3 Å². The van der Waals surface area contributed by atoms with E-state index in [0.717, 1.165) is 17.5 Å². The molecule has 34 heavy (non-hydrogen) atoms. The third-order valence-electron chi connectivity index (χ3n) is 6.41. The van der Waals surface area contributed by atoms with Crippen LogP contribution < -0.4 is 10.6 Å². The molecule has 2 atom stereocenters. The minimum absolute atomic E-state index is 0.0134. The zero-order chi connectivity index (χ0) is 24.5. The number of unbranched alkanes of at least 4 members (excludes halogenated alkanes) is 1. The lowest BCUT2D eigenvalue weighted by Crippen LogP contribution is -2.41. The number of carboxylic acid groups (broad SMARTS) is 1. The number of aliphatic carboxylic acids is 1. The van der Waals surface area contributed by atoms with Gasteiger partial charge in [-0.15, -0.1) is 0 Å². The van der Waals surface area contributed by atoms with Crippen molar-refractivity contribution in [2.75, 3.05) is 13.2 Å². The molecule has 0 bridgehead atoms. The molecule has 2 amide bonds. The topological polar surface area (TPSA) is 105 Å². The van der Waals surface area contributed by atoms with E-state index in [1.807, 2.05) is 38.1 Å². The van der Waals surface area contributed by atoms with E-state index in [2.05, 4.69) is 34.9 Å². The van der Waals surface area contributed by atoms with E-state index < -0.39 is 18.1 Å². The van der Waals surface area contributed by atoms with E-state index in [4.69, 9.17) is 4.74 Å². The van der Waals surface area contributed by atoms with Gasteiger partial charge in [0.1, 0.15) is 12.6 Å². The SMILES string of the molecule is CCC(C)CC(NC(=O)CCCCNC(=O)OCC1c2ccccc2-c2ccccc21)C(=O)O. The van der Waals surface area contributed by atoms with Crippen LogP contribution in [0.3, 0.4) is 0 Å². The molecule has 7 heteroatoms. The molecule has 2 unspecified atom stereocenters. The molecule has 1 aliphatic carbocycles. The number of fused-ring (bicyclic) bond motifs is 3. The largest absolute Gasteiger partial charge is 0.480 e. The fraction of sp³-hybridized carbons (Fsp3) is 0.444. The van der Waals surface area contributed by atoms with Gasteiger partial charge >= 0.3 is 12.1 Å². The smallest absolute Gasteiger partial charge is 0.407 e. The van der Waals surface area contributed by atoms with Crippen molar-refractivity contribution in [3.63, 3.8) is 0 Å². The second-order valence-electron chi connectivity index (χ2n) is 8.92. The maximum absolute atomic E-state index is 12.2. The fourth-order valence-corrected chi connectivity index (χ4v) is 4.31. The summed E-state index contributed by atoms with van der Waals surface area (Å²) in [5, 5.41) is 14.6. The maximum atomic E-state index is 12.2. The van der Waals surface area contributed by atoms with Crippen LogP contribution in [0.25, 0.3) is 11.1 Å². The molecule has 0 aliphatic heterocycles. The van der Waals surface area contributed by atoms with Crippen LogP contribution >= 0.6 is 0 Å². The molecule has 3 rings (SSSR count).